The third-order valence-corrected chi connectivity index (χ3v) is 6.03. The van der Waals surface area contributed by atoms with E-state index in [0.29, 0.717) is 18.7 Å². The number of nitro groups is 1. The van der Waals surface area contributed by atoms with E-state index in [1.165, 1.54) is 29.8 Å². The first-order chi connectivity index (χ1) is 15.3. The molecule has 3 aromatic rings. The first-order valence-electron chi connectivity index (χ1n) is 10.2. The van der Waals surface area contributed by atoms with Gasteiger partial charge in [0.05, 0.1) is 4.92 Å². The molecule has 0 aliphatic rings. The first kappa shape index (κ1) is 23.3. The minimum atomic E-state index is -0.741. The minimum Gasteiger partial charge on any atom is -0.358 e. The Balaban J connectivity index is 1.69. The zero-order valence-electron chi connectivity index (χ0n) is 18.2. The van der Waals surface area contributed by atoms with Crippen LogP contribution in [0.4, 0.5) is 5.69 Å². The Morgan fingerprint density at radius 1 is 1.19 bits per heavy atom. The van der Waals surface area contributed by atoms with Gasteiger partial charge in [0.1, 0.15) is 6.04 Å². The summed E-state index contributed by atoms with van der Waals surface area (Å²) in [5.74, 6) is -0.129. The highest BCUT2D eigenvalue weighted by atomic mass is 32.2. The van der Waals surface area contributed by atoms with Crippen molar-refractivity contribution >= 4 is 40.2 Å². The number of benzene rings is 2. The second-order valence-electron chi connectivity index (χ2n) is 7.59. The van der Waals surface area contributed by atoms with Gasteiger partial charge in [-0.15, -0.1) is 0 Å². The van der Waals surface area contributed by atoms with Crippen LogP contribution in [-0.2, 0) is 11.3 Å². The number of nitro benzene ring substituents is 1. The van der Waals surface area contributed by atoms with Gasteiger partial charge in [0.25, 0.3) is 11.6 Å². The number of aromatic nitrogens is 1. The first-order valence-corrected chi connectivity index (χ1v) is 11.6. The van der Waals surface area contributed by atoms with Crippen molar-refractivity contribution in [2.75, 3.05) is 12.0 Å². The van der Waals surface area contributed by atoms with E-state index in [9.17, 15) is 19.7 Å². The van der Waals surface area contributed by atoms with E-state index in [2.05, 4.69) is 22.5 Å². The average Bonchev–Trinajstić information content (AvgIpc) is 3.07. The molecule has 168 valence electrons. The molecule has 32 heavy (non-hydrogen) atoms. The molecule has 9 heteroatoms. The number of non-ortho nitro benzene ring substituents is 1. The van der Waals surface area contributed by atoms with Gasteiger partial charge >= 0.3 is 0 Å². The van der Waals surface area contributed by atoms with Crippen LogP contribution in [0.2, 0.25) is 0 Å². The van der Waals surface area contributed by atoms with E-state index in [-0.39, 0.29) is 17.2 Å². The summed E-state index contributed by atoms with van der Waals surface area (Å²) in [6.45, 7) is 4.41. The average molecular weight is 455 g/mol. The molecule has 1 unspecified atom stereocenters. The zero-order valence-corrected chi connectivity index (χ0v) is 19.0. The van der Waals surface area contributed by atoms with Gasteiger partial charge < -0.3 is 15.6 Å². The van der Waals surface area contributed by atoms with Crippen molar-refractivity contribution in [3.05, 3.63) is 75.0 Å². The lowest BCUT2D eigenvalue weighted by Crippen LogP contribution is -2.46. The zero-order chi connectivity index (χ0) is 23.3. The summed E-state index contributed by atoms with van der Waals surface area (Å²) in [6, 6.07) is 10.7. The molecule has 0 aliphatic heterocycles. The van der Waals surface area contributed by atoms with E-state index >= 15 is 0 Å². The van der Waals surface area contributed by atoms with Gasteiger partial charge in [-0.1, -0.05) is 12.1 Å². The largest absolute Gasteiger partial charge is 0.358 e. The van der Waals surface area contributed by atoms with E-state index < -0.39 is 16.9 Å². The molecule has 2 amide bonds. The summed E-state index contributed by atoms with van der Waals surface area (Å²) in [6.07, 6.45) is 2.37. The molecule has 0 fully saturated rings. The van der Waals surface area contributed by atoms with Crippen LogP contribution in [0.5, 0.6) is 0 Å². The molecule has 0 radical (unpaired) electrons. The summed E-state index contributed by atoms with van der Waals surface area (Å²) in [7, 11) is 0. The highest BCUT2D eigenvalue weighted by Crippen LogP contribution is 2.22. The molecule has 0 saturated heterocycles. The summed E-state index contributed by atoms with van der Waals surface area (Å²) < 4.78 is 0. The van der Waals surface area contributed by atoms with Gasteiger partial charge in [0.2, 0.25) is 5.91 Å². The number of nitrogens with zero attached hydrogens (tertiary/aromatic N) is 1. The Hall–Kier alpha value is -3.33. The Bertz CT molecular complexity index is 1160. The van der Waals surface area contributed by atoms with Gasteiger partial charge in [-0.2, -0.15) is 11.8 Å². The van der Waals surface area contributed by atoms with Crippen molar-refractivity contribution in [3.63, 3.8) is 0 Å². The highest BCUT2D eigenvalue weighted by Gasteiger charge is 2.22. The molecule has 1 aromatic heterocycles. The maximum absolute atomic E-state index is 12.8. The molecule has 8 nitrogen and oxygen atoms in total. The molecule has 0 spiro atoms. The van der Waals surface area contributed by atoms with Crippen LogP contribution in [0.15, 0.2) is 42.5 Å². The maximum Gasteiger partial charge on any atom is 0.270 e. The van der Waals surface area contributed by atoms with Crippen LogP contribution >= 0.6 is 11.8 Å². The number of aromatic amines is 1. The number of nitrogens with one attached hydrogen (secondary N) is 3. The molecular weight excluding hydrogens is 428 g/mol. The fourth-order valence-corrected chi connectivity index (χ4v) is 3.91. The number of H-pyrrole nitrogens is 1. The van der Waals surface area contributed by atoms with Crippen LogP contribution in [-0.4, -0.2) is 39.8 Å². The third-order valence-electron chi connectivity index (χ3n) is 5.39. The fraction of sp³-hybridized carbons (Fsp3) is 0.304. The summed E-state index contributed by atoms with van der Waals surface area (Å²) in [4.78, 5) is 39.2. The summed E-state index contributed by atoms with van der Waals surface area (Å²) >= 11 is 1.57. The normalized spacial score (nSPS) is 11.8. The lowest BCUT2D eigenvalue weighted by Gasteiger charge is -2.18. The monoisotopic (exact) mass is 454 g/mol. The Morgan fingerprint density at radius 3 is 2.69 bits per heavy atom. The van der Waals surface area contributed by atoms with Crippen molar-refractivity contribution in [2.45, 2.75) is 32.9 Å². The predicted octanol–water partition coefficient (Wildman–Crippen LogP) is 3.86. The topological polar surface area (TPSA) is 117 Å². The van der Waals surface area contributed by atoms with Gasteiger partial charge in [-0.25, -0.2) is 0 Å². The maximum atomic E-state index is 12.8. The summed E-state index contributed by atoms with van der Waals surface area (Å²) in [5, 5.41) is 17.7. The van der Waals surface area contributed by atoms with E-state index in [1.807, 2.05) is 31.4 Å². The van der Waals surface area contributed by atoms with Gasteiger partial charge in [0, 0.05) is 40.8 Å². The second-order valence-corrected chi connectivity index (χ2v) is 8.57. The second kappa shape index (κ2) is 10.3. The van der Waals surface area contributed by atoms with E-state index in [0.717, 1.165) is 22.2 Å². The number of amides is 2. The van der Waals surface area contributed by atoms with Gasteiger partial charge in [-0.05, 0) is 61.6 Å². The number of hydrogen-bond donors (Lipinski definition) is 3. The predicted molar refractivity (Wildman–Crippen MR) is 127 cm³/mol. The third kappa shape index (κ3) is 5.47. The van der Waals surface area contributed by atoms with Crippen molar-refractivity contribution < 1.29 is 14.5 Å². The fourth-order valence-electron chi connectivity index (χ4n) is 3.44. The molecule has 0 bridgehead atoms. The molecule has 0 saturated carbocycles. The minimum absolute atomic E-state index is 0.143. The molecule has 3 N–H and O–H groups in total. The molecule has 3 rings (SSSR count). The Kier molecular flexibility index (Phi) is 7.53. The van der Waals surface area contributed by atoms with Crippen LogP contribution in [0.25, 0.3) is 10.9 Å². The molecule has 0 aliphatic carbocycles. The number of thioether (sulfide) groups is 1. The van der Waals surface area contributed by atoms with Crippen LogP contribution in [0, 0.1) is 24.0 Å². The summed E-state index contributed by atoms with van der Waals surface area (Å²) in [5.41, 5.74) is 4.27. The van der Waals surface area contributed by atoms with Crippen molar-refractivity contribution in [1.82, 2.24) is 15.6 Å². The van der Waals surface area contributed by atoms with Crippen molar-refractivity contribution in [3.8, 4) is 0 Å². The lowest BCUT2D eigenvalue weighted by atomic mass is 10.1. The molecule has 2 aromatic carbocycles. The van der Waals surface area contributed by atoms with E-state index in [1.54, 1.807) is 11.8 Å². The number of fused-ring (bicyclic) bond motifs is 1. The molecule has 1 heterocycles. The highest BCUT2D eigenvalue weighted by molar-refractivity contribution is 7.98. The van der Waals surface area contributed by atoms with Crippen LogP contribution in [0.3, 0.4) is 0 Å². The molecular formula is C23H26N4O4S. The lowest BCUT2D eigenvalue weighted by molar-refractivity contribution is -0.384. The van der Waals surface area contributed by atoms with Gasteiger partial charge in [-0.3, -0.25) is 19.7 Å². The SMILES string of the molecule is CSCCC(NC(=O)c1cccc([N+](=O)[O-])c1)C(=O)NCc1ccc2[nH]c(C)c(C)c2c1. The number of hydrogen-bond acceptors (Lipinski definition) is 5. The quantitative estimate of drug-likeness (QED) is 0.335. The van der Waals surface area contributed by atoms with Crippen molar-refractivity contribution in [2.24, 2.45) is 0 Å². The number of aryl methyl sites for hydroxylation is 2. The molecule has 1 atom stereocenters. The smallest absolute Gasteiger partial charge is 0.270 e. The van der Waals surface area contributed by atoms with Crippen LogP contribution in [0.1, 0.15) is 33.6 Å². The van der Waals surface area contributed by atoms with Gasteiger partial charge in [0.15, 0.2) is 0 Å². The standard InChI is InChI=1S/C23H26N4O4S/c1-14-15(2)25-20-8-7-16(11-19(14)20)13-24-23(29)21(9-10-32-3)26-22(28)17-5-4-6-18(12-17)27(30)31/h4-8,11-12,21,25H,9-10,13H2,1-3H3,(H,24,29)(H,26,28). The Morgan fingerprint density at radius 2 is 1.97 bits per heavy atom. The van der Waals surface area contributed by atoms with Crippen LogP contribution < -0.4 is 10.6 Å². The number of rotatable bonds is 9. The number of carbonyl (C=O) groups excluding carboxylic acids is 2. The number of carbonyl (C=O) groups is 2. The van der Waals surface area contributed by atoms with E-state index in [4.69, 9.17) is 0 Å². The Labute approximate surface area is 190 Å². The van der Waals surface area contributed by atoms with Crippen molar-refractivity contribution in [1.29, 1.82) is 0 Å².